The van der Waals surface area contributed by atoms with Gasteiger partial charge in [0, 0.05) is 11.9 Å². The number of nitrogens with zero attached hydrogens (tertiary/aromatic N) is 3. The molecule has 2 N–H and O–H groups in total. The molecule has 1 aromatic carbocycles. The Morgan fingerprint density at radius 1 is 1.24 bits per heavy atom. The molecule has 7 heteroatoms. The summed E-state index contributed by atoms with van der Waals surface area (Å²) in [6, 6.07) is 14.9. The van der Waals surface area contributed by atoms with Crippen LogP contribution in [-0.4, -0.2) is 31.3 Å². The minimum absolute atomic E-state index is 0.111. The first kappa shape index (κ1) is 16.9. The third-order valence-corrected chi connectivity index (χ3v) is 4.42. The van der Waals surface area contributed by atoms with Crippen LogP contribution in [0.2, 0.25) is 0 Å². The lowest BCUT2D eigenvalue weighted by Gasteiger charge is -2.13. The molecule has 0 bridgehead atoms. The average molecular weight is 351 g/mol. The largest absolute Gasteiger partial charge is 0.325 e. The van der Waals surface area contributed by atoms with Gasteiger partial charge in [0.05, 0.1) is 5.25 Å². The monoisotopic (exact) mass is 351 g/mol. The molecule has 0 aliphatic rings. The summed E-state index contributed by atoms with van der Waals surface area (Å²) in [5.41, 5.74) is 1.46. The molecule has 0 saturated heterocycles. The highest BCUT2D eigenvalue weighted by atomic mass is 32.2. The van der Waals surface area contributed by atoms with Crippen LogP contribution in [-0.2, 0) is 4.79 Å². The number of hydrogen-bond acceptors (Lipinski definition) is 5. The van der Waals surface area contributed by atoms with Crippen LogP contribution in [0.25, 0.3) is 11.5 Å². The quantitative estimate of drug-likeness (QED) is 0.502. The molecule has 0 spiro atoms. The second-order valence-corrected chi connectivity index (χ2v) is 6.34. The number of aromatic amines is 1. The van der Waals surface area contributed by atoms with Crippen molar-refractivity contribution in [1.29, 1.82) is 0 Å². The highest BCUT2D eigenvalue weighted by Crippen LogP contribution is 2.25. The van der Waals surface area contributed by atoms with Crippen molar-refractivity contribution in [1.82, 2.24) is 20.2 Å². The van der Waals surface area contributed by atoms with Crippen LogP contribution < -0.4 is 5.32 Å². The molecule has 0 aliphatic heterocycles. The molecule has 0 saturated carbocycles. The lowest BCUT2D eigenvalue weighted by molar-refractivity contribution is -0.115. The lowest BCUT2D eigenvalue weighted by Crippen LogP contribution is -2.24. The zero-order chi connectivity index (χ0) is 17.5. The highest BCUT2D eigenvalue weighted by molar-refractivity contribution is 8.00. The Morgan fingerprint density at radius 3 is 2.76 bits per heavy atom. The van der Waals surface area contributed by atoms with Gasteiger partial charge in [-0.25, -0.2) is 0 Å². The van der Waals surface area contributed by atoms with E-state index in [1.165, 1.54) is 11.8 Å². The van der Waals surface area contributed by atoms with E-state index in [9.17, 15) is 4.79 Å². The molecule has 2 aromatic heterocycles. The Balaban J connectivity index is 1.70. The maximum atomic E-state index is 12.5. The second-order valence-electron chi connectivity index (χ2n) is 5.17. The Morgan fingerprint density at radius 2 is 2.04 bits per heavy atom. The first-order chi connectivity index (χ1) is 12.3. The third kappa shape index (κ3) is 4.54. The molecule has 6 nitrogen and oxygen atoms in total. The van der Waals surface area contributed by atoms with E-state index in [1.807, 2.05) is 48.5 Å². The first-order valence-corrected chi connectivity index (χ1v) is 8.61. The molecular formula is C18H17N5OS. The molecule has 3 aromatic rings. The van der Waals surface area contributed by atoms with Crippen LogP contribution in [0.1, 0.15) is 6.42 Å². The smallest absolute Gasteiger partial charge is 0.238 e. The van der Waals surface area contributed by atoms with E-state index in [0.717, 1.165) is 5.69 Å². The lowest BCUT2D eigenvalue weighted by atomic mass is 10.2. The molecule has 0 aliphatic carbocycles. The molecule has 1 amide bonds. The molecule has 25 heavy (non-hydrogen) atoms. The zero-order valence-corrected chi connectivity index (χ0v) is 14.2. The number of pyridine rings is 1. The maximum absolute atomic E-state index is 12.5. The number of allylic oxidation sites excluding steroid dienone is 1. The van der Waals surface area contributed by atoms with Crippen molar-refractivity contribution in [2.75, 3.05) is 5.32 Å². The third-order valence-electron chi connectivity index (χ3n) is 3.33. The molecule has 0 fully saturated rings. The van der Waals surface area contributed by atoms with Gasteiger partial charge in [-0.05, 0) is 30.7 Å². The normalized spacial score (nSPS) is 11.7. The van der Waals surface area contributed by atoms with E-state index in [-0.39, 0.29) is 11.2 Å². The fraction of sp³-hybridized carbons (Fsp3) is 0.111. The van der Waals surface area contributed by atoms with Crippen molar-refractivity contribution in [2.24, 2.45) is 0 Å². The second kappa shape index (κ2) is 8.25. The van der Waals surface area contributed by atoms with E-state index < -0.39 is 0 Å². The number of para-hydroxylation sites is 1. The summed E-state index contributed by atoms with van der Waals surface area (Å²) < 4.78 is 0. The van der Waals surface area contributed by atoms with E-state index in [1.54, 1.807) is 12.3 Å². The van der Waals surface area contributed by atoms with Gasteiger partial charge < -0.3 is 5.32 Å². The molecule has 1 unspecified atom stereocenters. The standard InChI is InChI=1S/C18H17N5OS/c1-2-8-15(17(24)20-13-9-4-3-5-10-13)25-18-21-16(22-23-18)14-11-6-7-12-19-14/h2-7,9-12,15H,1,8H2,(H,20,24)(H,21,22,23). The number of H-pyrrole nitrogens is 1. The fourth-order valence-corrected chi connectivity index (χ4v) is 3.04. The Hall–Kier alpha value is -2.93. The number of thioether (sulfide) groups is 1. The van der Waals surface area contributed by atoms with Crippen molar-refractivity contribution in [3.8, 4) is 11.5 Å². The van der Waals surface area contributed by atoms with Crippen molar-refractivity contribution >= 4 is 23.4 Å². The SMILES string of the molecule is C=CCC(Sc1n[nH]c(-c2ccccn2)n1)C(=O)Nc1ccccc1. The predicted molar refractivity (Wildman–Crippen MR) is 99.1 cm³/mol. The van der Waals surface area contributed by atoms with Crippen LogP contribution in [0.15, 0.2) is 72.5 Å². The molecule has 3 rings (SSSR count). The van der Waals surface area contributed by atoms with Crippen LogP contribution in [0, 0.1) is 0 Å². The molecule has 1 atom stereocenters. The Kier molecular flexibility index (Phi) is 5.58. The summed E-state index contributed by atoms with van der Waals surface area (Å²) in [7, 11) is 0. The molecule has 2 heterocycles. The average Bonchev–Trinajstić information content (AvgIpc) is 3.11. The Labute approximate surface area is 149 Å². The molecule has 0 radical (unpaired) electrons. The summed E-state index contributed by atoms with van der Waals surface area (Å²) >= 11 is 1.29. The first-order valence-electron chi connectivity index (χ1n) is 7.73. The fourth-order valence-electron chi connectivity index (χ4n) is 2.15. The molecule has 126 valence electrons. The number of anilines is 1. The van der Waals surface area contributed by atoms with Crippen molar-refractivity contribution in [3.63, 3.8) is 0 Å². The number of carbonyl (C=O) groups excluding carboxylic acids is 1. The van der Waals surface area contributed by atoms with Gasteiger partial charge in [0.15, 0.2) is 5.82 Å². The van der Waals surface area contributed by atoms with Gasteiger partial charge in [0.2, 0.25) is 11.1 Å². The maximum Gasteiger partial charge on any atom is 0.238 e. The number of aromatic nitrogens is 4. The number of hydrogen-bond donors (Lipinski definition) is 2. The van der Waals surface area contributed by atoms with Crippen molar-refractivity contribution in [2.45, 2.75) is 16.8 Å². The minimum atomic E-state index is -0.370. The van der Waals surface area contributed by atoms with Gasteiger partial charge in [-0.2, -0.15) is 4.98 Å². The summed E-state index contributed by atoms with van der Waals surface area (Å²) in [5, 5.41) is 10.1. The van der Waals surface area contributed by atoms with Crippen LogP contribution >= 0.6 is 11.8 Å². The number of carbonyl (C=O) groups is 1. The summed E-state index contributed by atoms with van der Waals surface area (Å²) in [5.74, 6) is 0.462. The van der Waals surface area contributed by atoms with E-state index in [0.29, 0.717) is 23.1 Å². The van der Waals surface area contributed by atoms with E-state index >= 15 is 0 Å². The minimum Gasteiger partial charge on any atom is -0.325 e. The predicted octanol–water partition coefficient (Wildman–Crippen LogP) is 3.54. The number of benzene rings is 1. The zero-order valence-electron chi connectivity index (χ0n) is 13.4. The van der Waals surface area contributed by atoms with Gasteiger partial charge in [-0.15, -0.1) is 11.7 Å². The van der Waals surface area contributed by atoms with Crippen LogP contribution in [0.5, 0.6) is 0 Å². The molecular weight excluding hydrogens is 334 g/mol. The number of nitrogens with one attached hydrogen (secondary N) is 2. The summed E-state index contributed by atoms with van der Waals surface area (Å²) in [6.07, 6.45) is 3.92. The summed E-state index contributed by atoms with van der Waals surface area (Å²) in [4.78, 5) is 21.2. The van der Waals surface area contributed by atoms with Gasteiger partial charge in [0.1, 0.15) is 5.69 Å². The van der Waals surface area contributed by atoms with Gasteiger partial charge in [-0.3, -0.25) is 14.9 Å². The van der Waals surface area contributed by atoms with Gasteiger partial charge in [0.25, 0.3) is 0 Å². The van der Waals surface area contributed by atoms with Crippen LogP contribution in [0.3, 0.4) is 0 Å². The Bertz CT molecular complexity index is 835. The number of rotatable bonds is 7. The van der Waals surface area contributed by atoms with E-state index in [2.05, 4.69) is 32.1 Å². The van der Waals surface area contributed by atoms with E-state index in [4.69, 9.17) is 0 Å². The van der Waals surface area contributed by atoms with Gasteiger partial charge >= 0.3 is 0 Å². The number of amides is 1. The topological polar surface area (TPSA) is 83.6 Å². The van der Waals surface area contributed by atoms with Crippen molar-refractivity contribution < 1.29 is 4.79 Å². The van der Waals surface area contributed by atoms with Gasteiger partial charge in [-0.1, -0.05) is 42.1 Å². The van der Waals surface area contributed by atoms with Crippen LogP contribution in [0.4, 0.5) is 5.69 Å². The summed E-state index contributed by atoms with van der Waals surface area (Å²) in [6.45, 7) is 3.73. The highest BCUT2D eigenvalue weighted by Gasteiger charge is 2.21. The van der Waals surface area contributed by atoms with Crippen molar-refractivity contribution in [3.05, 3.63) is 67.4 Å².